The molecule has 0 radical (unpaired) electrons. The van der Waals surface area contributed by atoms with Crippen molar-refractivity contribution in [3.63, 3.8) is 0 Å². The summed E-state index contributed by atoms with van der Waals surface area (Å²) >= 11 is 5.66. The van der Waals surface area contributed by atoms with Crippen LogP contribution in [0.2, 0.25) is 0 Å². The van der Waals surface area contributed by atoms with Gasteiger partial charge < -0.3 is 9.26 Å². The zero-order valence-electron chi connectivity index (χ0n) is 17.6. The molecule has 1 atom stereocenters. The molecule has 32 heavy (non-hydrogen) atoms. The molecule has 3 aromatic carbocycles. The smallest absolute Gasteiger partial charge is 0.446 e. The molecule has 0 bridgehead atoms. The van der Waals surface area contributed by atoms with Gasteiger partial charge in [-0.15, -0.1) is 0 Å². The second-order valence-electron chi connectivity index (χ2n) is 6.91. The van der Waals surface area contributed by atoms with E-state index in [2.05, 4.69) is 0 Å². The Morgan fingerprint density at radius 1 is 0.812 bits per heavy atom. The van der Waals surface area contributed by atoms with E-state index in [1.165, 1.54) is 0 Å². The van der Waals surface area contributed by atoms with Crippen molar-refractivity contribution in [2.75, 3.05) is 0 Å². The third-order valence-electron chi connectivity index (χ3n) is 4.25. The molecule has 0 spiro atoms. The zero-order chi connectivity index (χ0) is 22.8. The number of esters is 1. The molecule has 1 unspecified atom stereocenters. The monoisotopic (exact) mass is 474 g/mol. The van der Waals surface area contributed by atoms with Gasteiger partial charge in [-0.1, -0.05) is 84.4 Å². The zero-order valence-corrected chi connectivity index (χ0v) is 19.2. The molecule has 0 heterocycles. The topological polar surface area (TPSA) is 71.1 Å². The largest absolute Gasteiger partial charge is 0.530 e. The van der Waals surface area contributed by atoms with Gasteiger partial charge in [-0.05, 0) is 35.7 Å². The molecule has 0 amide bonds. The van der Waals surface area contributed by atoms with Crippen LogP contribution in [0.5, 0.6) is 5.75 Å². The average molecular weight is 475 g/mol. The van der Waals surface area contributed by atoms with E-state index in [0.29, 0.717) is 5.56 Å². The molecule has 0 N–H and O–H groups in total. The van der Waals surface area contributed by atoms with E-state index in [-0.39, 0.29) is 25.4 Å². The number of ether oxygens (including phenoxy) is 1. The SMILES string of the molecule is CC(Cl)OC(=O)Cc1ccc(OP(=O)(OCc2ccccc2)OCc2ccccc2)cc1. The second-order valence-corrected chi connectivity index (χ2v) is 9.12. The van der Waals surface area contributed by atoms with Crippen molar-refractivity contribution in [2.24, 2.45) is 0 Å². The summed E-state index contributed by atoms with van der Waals surface area (Å²) < 4.78 is 35.1. The molecule has 6 nitrogen and oxygen atoms in total. The molecule has 0 saturated heterocycles. The van der Waals surface area contributed by atoms with Crippen LogP contribution >= 0.6 is 19.4 Å². The Morgan fingerprint density at radius 2 is 1.31 bits per heavy atom. The minimum Gasteiger partial charge on any atom is -0.446 e. The van der Waals surface area contributed by atoms with Crippen LogP contribution in [0.4, 0.5) is 0 Å². The predicted molar refractivity (Wildman–Crippen MR) is 122 cm³/mol. The molecular weight excluding hydrogens is 451 g/mol. The first-order valence-electron chi connectivity index (χ1n) is 10.0. The standard InChI is InChI=1S/C24H24ClO6P/c1-19(25)30-24(26)16-20-12-14-23(15-13-20)31-32(27,28-17-21-8-4-2-5-9-21)29-18-22-10-6-3-7-11-22/h2-15,19H,16-18H2,1H3. The van der Waals surface area contributed by atoms with E-state index < -0.39 is 19.4 Å². The number of hydrogen-bond acceptors (Lipinski definition) is 6. The predicted octanol–water partition coefficient (Wildman–Crippen LogP) is 6.28. The second kappa shape index (κ2) is 11.8. The molecule has 0 aliphatic heterocycles. The van der Waals surface area contributed by atoms with E-state index in [1.807, 2.05) is 60.7 Å². The highest BCUT2D eigenvalue weighted by Gasteiger charge is 2.29. The molecule has 0 aliphatic rings. The lowest BCUT2D eigenvalue weighted by molar-refractivity contribution is -0.144. The van der Waals surface area contributed by atoms with E-state index in [1.54, 1.807) is 31.2 Å². The van der Waals surface area contributed by atoms with Crippen molar-refractivity contribution < 1.29 is 27.7 Å². The summed E-state index contributed by atoms with van der Waals surface area (Å²) in [7, 11) is -3.94. The summed E-state index contributed by atoms with van der Waals surface area (Å²) in [4.78, 5) is 11.8. The molecule has 168 valence electrons. The number of rotatable bonds is 11. The van der Waals surface area contributed by atoms with Gasteiger partial charge in [0.05, 0.1) is 19.6 Å². The highest BCUT2D eigenvalue weighted by atomic mass is 35.5. The number of carbonyl (C=O) groups excluding carboxylic acids is 1. The van der Waals surface area contributed by atoms with Crippen LogP contribution in [0.15, 0.2) is 84.9 Å². The van der Waals surface area contributed by atoms with Crippen molar-refractivity contribution in [1.82, 2.24) is 0 Å². The van der Waals surface area contributed by atoms with Crippen LogP contribution < -0.4 is 4.52 Å². The number of hydrogen-bond donors (Lipinski definition) is 0. The van der Waals surface area contributed by atoms with E-state index >= 15 is 0 Å². The maximum Gasteiger partial charge on any atom is 0.530 e. The minimum atomic E-state index is -3.94. The molecule has 0 fully saturated rings. The van der Waals surface area contributed by atoms with Gasteiger partial charge in [-0.25, -0.2) is 4.57 Å². The van der Waals surface area contributed by atoms with Crippen LogP contribution in [0, 0.1) is 0 Å². The first-order valence-corrected chi connectivity index (χ1v) is 11.9. The number of carbonyl (C=O) groups is 1. The Balaban J connectivity index is 1.68. The Morgan fingerprint density at radius 3 is 1.78 bits per heavy atom. The number of halogens is 1. The Hall–Kier alpha value is -2.63. The van der Waals surface area contributed by atoms with Gasteiger partial charge in [0.1, 0.15) is 5.75 Å². The van der Waals surface area contributed by atoms with Crippen LogP contribution in [-0.2, 0) is 42.8 Å². The van der Waals surface area contributed by atoms with Crippen molar-refractivity contribution in [3.05, 3.63) is 102 Å². The molecule has 3 aromatic rings. The molecule has 0 aromatic heterocycles. The van der Waals surface area contributed by atoms with Gasteiger partial charge >= 0.3 is 13.8 Å². The average Bonchev–Trinajstić information content (AvgIpc) is 2.79. The highest BCUT2D eigenvalue weighted by Crippen LogP contribution is 2.51. The summed E-state index contributed by atoms with van der Waals surface area (Å²) in [6, 6.07) is 25.2. The van der Waals surface area contributed by atoms with E-state index in [4.69, 9.17) is 29.9 Å². The van der Waals surface area contributed by atoms with E-state index in [9.17, 15) is 9.36 Å². The molecular formula is C24H24ClO6P. The maximum atomic E-state index is 13.4. The Kier molecular flexibility index (Phi) is 8.89. The van der Waals surface area contributed by atoms with E-state index in [0.717, 1.165) is 11.1 Å². The maximum absolute atomic E-state index is 13.4. The summed E-state index contributed by atoms with van der Waals surface area (Å²) in [6.45, 7) is 1.69. The van der Waals surface area contributed by atoms with Crippen molar-refractivity contribution in [3.8, 4) is 5.75 Å². The Bertz CT molecular complexity index is 978. The van der Waals surface area contributed by atoms with Crippen LogP contribution in [0.1, 0.15) is 23.6 Å². The lowest BCUT2D eigenvalue weighted by atomic mass is 10.1. The quantitative estimate of drug-likeness (QED) is 0.185. The number of phosphoric ester groups is 1. The summed E-state index contributed by atoms with van der Waals surface area (Å²) in [5, 5.41) is 0. The molecule has 0 aliphatic carbocycles. The summed E-state index contributed by atoms with van der Waals surface area (Å²) in [5.41, 5.74) is 1.67. The number of phosphoric acid groups is 1. The van der Waals surface area contributed by atoms with Gasteiger partial charge in [0, 0.05) is 0 Å². The fourth-order valence-electron chi connectivity index (χ4n) is 2.73. The first kappa shape index (κ1) is 24.0. The van der Waals surface area contributed by atoms with Crippen LogP contribution in [-0.4, -0.2) is 11.5 Å². The summed E-state index contributed by atoms with van der Waals surface area (Å²) in [6.07, 6.45) is 0.0595. The van der Waals surface area contributed by atoms with Crippen LogP contribution in [0.25, 0.3) is 0 Å². The summed E-state index contributed by atoms with van der Waals surface area (Å²) in [5.74, 6) is -0.151. The number of benzene rings is 3. The van der Waals surface area contributed by atoms with Gasteiger partial charge in [-0.2, -0.15) is 0 Å². The van der Waals surface area contributed by atoms with Crippen molar-refractivity contribution >= 4 is 25.4 Å². The third-order valence-corrected chi connectivity index (χ3v) is 5.66. The van der Waals surface area contributed by atoms with Crippen molar-refractivity contribution in [1.29, 1.82) is 0 Å². The van der Waals surface area contributed by atoms with Gasteiger partial charge in [0.15, 0.2) is 5.56 Å². The molecule has 8 heteroatoms. The van der Waals surface area contributed by atoms with Gasteiger partial charge in [0.25, 0.3) is 0 Å². The normalized spacial score (nSPS) is 12.2. The lowest BCUT2D eigenvalue weighted by Gasteiger charge is -2.19. The van der Waals surface area contributed by atoms with Gasteiger partial charge in [0.2, 0.25) is 0 Å². The third kappa shape index (κ3) is 8.13. The van der Waals surface area contributed by atoms with Crippen molar-refractivity contribution in [2.45, 2.75) is 32.1 Å². The number of alkyl halides is 1. The molecule has 3 rings (SSSR count). The molecule has 0 saturated carbocycles. The fraction of sp³-hybridized carbons (Fsp3) is 0.208. The van der Waals surface area contributed by atoms with Crippen LogP contribution in [0.3, 0.4) is 0 Å². The van der Waals surface area contributed by atoms with Gasteiger partial charge in [-0.3, -0.25) is 13.8 Å². The minimum absolute atomic E-state index is 0.0595. The first-order chi connectivity index (χ1) is 15.4. The highest BCUT2D eigenvalue weighted by molar-refractivity contribution is 7.48. The Labute approximate surface area is 192 Å². The fourth-order valence-corrected chi connectivity index (χ4v) is 4.01. The lowest BCUT2D eigenvalue weighted by Crippen LogP contribution is -2.12.